The molecule has 9 heteroatoms. The van der Waals surface area contributed by atoms with Crippen LogP contribution in [0.1, 0.15) is 47.6 Å². The minimum absolute atomic E-state index is 0.0973. The lowest BCUT2D eigenvalue weighted by Crippen LogP contribution is -2.44. The number of aryl methyl sites for hydroxylation is 1. The van der Waals surface area contributed by atoms with Gasteiger partial charge in [-0.3, -0.25) is 9.59 Å². The Kier molecular flexibility index (Phi) is 10.8. The molecule has 1 aliphatic heterocycles. The van der Waals surface area contributed by atoms with Crippen LogP contribution in [0.25, 0.3) is 0 Å². The van der Waals surface area contributed by atoms with E-state index in [1.807, 2.05) is 60.7 Å². The largest absolute Gasteiger partial charge is 0.354 e. The van der Waals surface area contributed by atoms with Gasteiger partial charge < -0.3 is 10.2 Å². The molecule has 5 rings (SSSR count). The molecule has 7 nitrogen and oxygen atoms in total. The van der Waals surface area contributed by atoms with Gasteiger partial charge in [0, 0.05) is 32.6 Å². The number of amides is 2. The number of rotatable bonds is 13. The number of carbonyl (C=O) groups excluding carboxylic acids is 2. The van der Waals surface area contributed by atoms with E-state index in [0.29, 0.717) is 43.6 Å². The van der Waals surface area contributed by atoms with Crippen molar-refractivity contribution in [1.29, 1.82) is 0 Å². The van der Waals surface area contributed by atoms with E-state index in [-0.39, 0.29) is 35.5 Å². The highest BCUT2D eigenvalue weighted by molar-refractivity contribution is 7.89. The van der Waals surface area contributed by atoms with E-state index in [2.05, 4.69) is 5.32 Å². The normalized spacial score (nSPS) is 14.2. The lowest BCUT2D eigenvalue weighted by atomic mass is 10.0. The highest BCUT2D eigenvalue weighted by Gasteiger charge is 2.31. The zero-order chi connectivity index (χ0) is 31.6. The third-order valence-corrected chi connectivity index (χ3v) is 9.98. The summed E-state index contributed by atoms with van der Waals surface area (Å²) in [7, 11) is -3.53. The summed E-state index contributed by atoms with van der Waals surface area (Å²) in [6, 6.07) is 30.7. The molecule has 0 bridgehead atoms. The molecule has 0 radical (unpaired) electrons. The summed E-state index contributed by atoms with van der Waals surface area (Å²) in [5, 5.41) is 3.02. The van der Waals surface area contributed by atoms with E-state index in [0.717, 1.165) is 24.0 Å². The molecule has 0 aromatic heterocycles. The third-order valence-electron chi connectivity index (χ3n) is 8.07. The first-order valence-corrected chi connectivity index (χ1v) is 16.7. The number of nitrogens with zero attached hydrogens (tertiary/aromatic N) is 2. The van der Waals surface area contributed by atoms with Gasteiger partial charge in [-0.15, -0.1) is 0 Å². The molecule has 1 heterocycles. The third kappa shape index (κ3) is 8.44. The molecule has 1 N–H and O–H groups in total. The predicted molar refractivity (Wildman–Crippen MR) is 172 cm³/mol. The Morgan fingerprint density at radius 2 is 1.33 bits per heavy atom. The van der Waals surface area contributed by atoms with E-state index in [9.17, 15) is 22.4 Å². The molecular formula is C36H38FN3O4S. The molecule has 0 saturated carbocycles. The first-order chi connectivity index (χ1) is 21.8. The minimum atomic E-state index is -3.53. The van der Waals surface area contributed by atoms with Crippen molar-refractivity contribution in [2.24, 2.45) is 0 Å². The number of sulfonamides is 1. The van der Waals surface area contributed by atoms with Gasteiger partial charge in [-0.25, -0.2) is 12.8 Å². The van der Waals surface area contributed by atoms with Crippen LogP contribution in [0.15, 0.2) is 114 Å². The van der Waals surface area contributed by atoms with Crippen molar-refractivity contribution in [3.8, 4) is 0 Å². The molecule has 2 amide bonds. The molecule has 4 aromatic carbocycles. The molecule has 1 saturated heterocycles. The summed E-state index contributed by atoms with van der Waals surface area (Å²) in [5.74, 6) is -0.936. The van der Waals surface area contributed by atoms with E-state index in [1.54, 1.807) is 41.3 Å². The maximum atomic E-state index is 14.0. The highest BCUT2D eigenvalue weighted by atomic mass is 32.2. The molecular weight excluding hydrogens is 589 g/mol. The predicted octanol–water partition coefficient (Wildman–Crippen LogP) is 5.67. The Morgan fingerprint density at radius 1 is 0.756 bits per heavy atom. The SMILES string of the molecule is O=C(NCCc1ccccc1)[C@@H](c1ccccc1)N(Cc1ccc(F)cc1)C(=O)CCc1ccc(S(=O)(=O)N2CCCC2)cc1. The van der Waals surface area contributed by atoms with Gasteiger partial charge in [-0.05, 0) is 72.2 Å². The molecule has 234 valence electrons. The maximum absolute atomic E-state index is 14.0. The average molecular weight is 628 g/mol. The van der Waals surface area contributed by atoms with Gasteiger partial charge in [0.25, 0.3) is 0 Å². The van der Waals surface area contributed by atoms with Gasteiger partial charge in [-0.1, -0.05) is 84.9 Å². The Morgan fingerprint density at radius 3 is 1.98 bits per heavy atom. The molecule has 4 aromatic rings. The van der Waals surface area contributed by atoms with Crippen LogP contribution >= 0.6 is 0 Å². The van der Waals surface area contributed by atoms with Crippen LogP contribution in [-0.4, -0.2) is 49.1 Å². The van der Waals surface area contributed by atoms with Crippen LogP contribution in [0.5, 0.6) is 0 Å². The smallest absolute Gasteiger partial charge is 0.247 e. The van der Waals surface area contributed by atoms with Crippen LogP contribution in [-0.2, 0) is 39.0 Å². The van der Waals surface area contributed by atoms with Crippen molar-refractivity contribution in [1.82, 2.24) is 14.5 Å². The molecule has 0 aliphatic carbocycles. The molecule has 0 unspecified atom stereocenters. The monoisotopic (exact) mass is 627 g/mol. The highest BCUT2D eigenvalue weighted by Crippen LogP contribution is 2.26. The average Bonchev–Trinajstić information content (AvgIpc) is 3.62. The minimum Gasteiger partial charge on any atom is -0.354 e. The summed E-state index contributed by atoms with van der Waals surface area (Å²) in [6.45, 7) is 1.57. The fourth-order valence-electron chi connectivity index (χ4n) is 5.59. The molecule has 0 spiro atoms. The second kappa shape index (κ2) is 15.1. The van der Waals surface area contributed by atoms with Crippen molar-refractivity contribution >= 4 is 21.8 Å². The van der Waals surface area contributed by atoms with E-state index in [4.69, 9.17) is 0 Å². The second-order valence-electron chi connectivity index (χ2n) is 11.2. The van der Waals surface area contributed by atoms with Gasteiger partial charge >= 0.3 is 0 Å². The number of carbonyl (C=O) groups is 2. The molecule has 1 atom stereocenters. The Bertz CT molecular complexity index is 1660. The first kappa shape index (κ1) is 32.1. The molecule has 1 aliphatic rings. The zero-order valence-electron chi connectivity index (χ0n) is 25.1. The summed E-state index contributed by atoms with van der Waals surface area (Å²) in [6.07, 6.45) is 2.83. The van der Waals surface area contributed by atoms with Crippen LogP contribution in [0.4, 0.5) is 4.39 Å². The van der Waals surface area contributed by atoms with Crippen LogP contribution < -0.4 is 5.32 Å². The van der Waals surface area contributed by atoms with Gasteiger partial charge in [0.2, 0.25) is 21.8 Å². The number of benzene rings is 4. The maximum Gasteiger partial charge on any atom is 0.247 e. The Hall–Kier alpha value is -4.34. The second-order valence-corrected chi connectivity index (χ2v) is 13.2. The van der Waals surface area contributed by atoms with Crippen LogP contribution in [0.2, 0.25) is 0 Å². The van der Waals surface area contributed by atoms with Crippen LogP contribution in [0, 0.1) is 5.82 Å². The van der Waals surface area contributed by atoms with Crippen molar-refractivity contribution in [3.05, 3.63) is 137 Å². The Balaban J connectivity index is 1.35. The molecule has 1 fully saturated rings. The Labute approximate surface area is 264 Å². The van der Waals surface area contributed by atoms with E-state index < -0.39 is 16.1 Å². The van der Waals surface area contributed by atoms with Crippen LogP contribution in [0.3, 0.4) is 0 Å². The number of hydrogen-bond donors (Lipinski definition) is 1. The summed E-state index contributed by atoms with van der Waals surface area (Å²) >= 11 is 0. The number of halogens is 1. The fourth-order valence-corrected chi connectivity index (χ4v) is 7.11. The number of hydrogen-bond acceptors (Lipinski definition) is 4. The lowest BCUT2D eigenvalue weighted by Gasteiger charge is -2.32. The summed E-state index contributed by atoms with van der Waals surface area (Å²) in [5.41, 5.74) is 3.27. The van der Waals surface area contributed by atoms with E-state index in [1.165, 1.54) is 16.4 Å². The van der Waals surface area contributed by atoms with Gasteiger partial charge in [0.1, 0.15) is 11.9 Å². The summed E-state index contributed by atoms with van der Waals surface area (Å²) in [4.78, 5) is 29.6. The molecule has 45 heavy (non-hydrogen) atoms. The summed E-state index contributed by atoms with van der Waals surface area (Å²) < 4.78 is 41.1. The van der Waals surface area contributed by atoms with Crippen molar-refractivity contribution < 1.29 is 22.4 Å². The zero-order valence-corrected chi connectivity index (χ0v) is 26.0. The van der Waals surface area contributed by atoms with E-state index >= 15 is 0 Å². The number of nitrogens with one attached hydrogen (secondary N) is 1. The lowest BCUT2D eigenvalue weighted by molar-refractivity contribution is -0.141. The van der Waals surface area contributed by atoms with Crippen molar-refractivity contribution in [3.63, 3.8) is 0 Å². The standard InChI is InChI=1S/C36H38FN3O4S/c37-32-18-13-30(14-19-32)27-40(34(41)22-17-29-15-20-33(21-16-29)45(43,44)39-25-7-8-26-39)35(31-11-5-2-6-12-31)36(42)38-24-23-28-9-3-1-4-10-28/h1-6,9-16,18-21,35H,7-8,17,22-27H2,(H,38,42)/t35-/m1/s1. The topological polar surface area (TPSA) is 86.8 Å². The fraction of sp³-hybridized carbons (Fsp3) is 0.278. The quantitative estimate of drug-likeness (QED) is 0.207. The van der Waals surface area contributed by atoms with Gasteiger partial charge in [0.05, 0.1) is 4.90 Å². The van der Waals surface area contributed by atoms with Crippen molar-refractivity contribution in [2.75, 3.05) is 19.6 Å². The first-order valence-electron chi connectivity index (χ1n) is 15.3. The van der Waals surface area contributed by atoms with Crippen molar-refractivity contribution in [2.45, 2.75) is 49.6 Å². The van der Waals surface area contributed by atoms with Gasteiger partial charge in [0.15, 0.2) is 0 Å². The van der Waals surface area contributed by atoms with Gasteiger partial charge in [-0.2, -0.15) is 4.31 Å².